The fraction of sp³-hybridized carbons (Fsp3) is 0.607. The fourth-order valence-corrected chi connectivity index (χ4v) is 5.21. The minimum atomic E-state index is -0.302. The van der Waals surface area contributed by atoms with Crippen LogP contribution in [-0.4, -0.2) is 56.6 Å². The number of rotatable bonds is 10. The Kier molecular flexibility index (Phi) is 8.98. The van der Waals surface area contributed by atoms with E-state index in [9.17, 15) is 4.39 Å². The van der Waals surface area contributed by atoms with E-state index in [0.717, 1.165) is 82.0 Å². The van der Waals surface area contributed by atoms with Gasteiger partial charge in [0.2, 0.25) is 0 Å². The van der Waals surface area contributed by atoms with Crippen LogP contribution >= 0.6 is 0 Å². The Hall–Kier alpha value is -2.22. The highest BCUT2D eigenvalue weighted by atomic mass is 19.1. The van der Waals surface area contributed by atoms with Gasteiger partial charge >= 0.3 is 0 Å². The molecule has 1 aromatic heterocycles. The minimum absolute atomic E-state index is 0.226. The van der Waals surface area contributed by atoms with Crippen LogP contribution in [-0.2, 0) is 9.47 Å². The van der Waals surface area contributed by atoms with Gasteiger partial charge in [-0.05, 0) is 74.6 Å². The molecule has 1 aliphatic heterocycles. The molecule has 1 atom stereocenters. The number of halogens is 1. The number of benzene rings is 1. The molecule has 0 unspecified atom stereocenters. The van der Waals surface area contributed by atoms with Gasteiger partial charge in [0.1, 0.15) is 11.6 Å². The van der Waals surface area contributed by atoms with Crippen LogP contribution in [0.15, 0.2) is 36.5 Å². The molecule has 1 saturated heterocycles. The van der Waals surface area contributed by atoms with Crippen molar-refractivity contribution >= 4 is 11.5 Å². The van der Waals surface area contributed by atoms with Gasteiger partial charge < -0.3 is 25.4 Å². The van der Waals surface area contributed by atoms with E-state index in [-0.39, 0.29) is 11.2 Å². The maximum atomic E-state index is 14.8. The van der Waals surface area contributed by atoms with Crippen molar-refractivity contribution in [3.05, 3.63) is 42.3 Å². The normalized spacial score (nSPS) is 23.0. The highest BCUT2D eigenvalue weighted by molar-refractivity contribution is 5.70. The van der Waals surface area contributed by atoms with Crippen molar-refractivity contribution in [2.45, 2.75) is 70.5 Å². The van der Waals surface area contributed by atoms with Crippen LogP contribution < -0.4 is 16.0 Å². The summed E-state index contributed by atoms with van der Waals surface area (Å²) in [7, 11) is 1.74. The second-order valence-corrected chi connectivity index (χ2v) is 10.6. The third kappa shape index (κ3) is 7.38. The first-order valence-electron chi connectivity index (χ1n) is 13.0. The SMILES string of the molecule is COC[C@@H](C)NC1CCC(Nc2cc(-c3cccc(NCC4(C)CCOCC4)c3)c(F)cn2)CC1. The van der Waals surface area contributed by atoms with Crippen LogP contribution in [0.1, 0.15) is 52.4 Å². The van der Waals surface area contributed by atoms with Crippen LogP contribution in [0.3, 0.4) is 0 Å². The van der Waals surface area contributed by atoms with Crippen molar-refractivity contribution in [1.29, 1.82) is 0 Å². The smallest absolute Gasteiger partial charge is 0.149 e. The number of nitrogens with zero attached hydrogens (tertiary/aromatic N) is 1. The van der Waals surface area contributed by atoms with Gasteiger partial charge in [0.05, 0.1) is 12.8 Å². The summed E-state index contributed by atoms with van der Waals surface area (Å²) in [5.41, 5.74) is 2.67. The lowest BCUT2D eigenvalue weighted by atomic mass is 9.82. The molecule has 1 saturated carbocycles. The van der Waals surface area contributed by atoms with E-state index in [1.807, 2.05) is 30.3 Å². The summed E-state index contributed by atoms with van der Waals surface area (Å²) in [6, 6.07) is 11.1. The van der Waals surface area contributed by atoms with E-state index in [2.05, 4.69) is 34.8 Å². The summed E-state index contributed by atoms with van der Waals surface area (Å²) >= 11 is 0. The first kappa shape index (κ1) is 25.9. The molecule has 2 heterocycles. The molecule has 1 aromatic carbocycles. The van der Waals surface area contributed by atoms with Crippen molar-refractivity contribution in [3.8, 4) is 11.1 Å². The van der Waals surface area contributed by atoms with Crippen molar-refractivity contribution in [3.63, 3.8) is 0 Å². The van der Waals surface area contributed by atoms with Gasteiger partial charge in [0.15, 0.2) is 0 Å². The van der Waals surface area contributed by atoms with Crippen molar-refractivity contribution in [1.82, 2.24) is 10.3 Å². The number of hydrogen-bond donors (Lipinski definition) is 3. The molecule has 35 heavy (non-hydrogen) atoms. The number of anilines is 2. The Bertz CT molecular complexity index is 942. The molecule has 0 spiro atoms. The lowest BCUT2D eigenvalue weighted by Crippen LogP contribution is -2.42. The first-order chi connectivity index (χ1) is 16.9. The number of nitrogens with one attached hydrogen (secondary N) is 3. The van der Waals surface area contributed by atoms with E-state index in [1.165, 1.54) is 6.20 Å². The summed E-state index contributed by atoms with van der Waals surface area (Å²) in [5.74, 6) is 0.433. The van der Waals surface area contributed by atoms with E-state index < -0.39 is 0 Å². The Balaban J connectivity index is 1.36. The predicted molar refractivity (Wildman–Crippen MR) is 140 cm³/mol. The molecule has 0 amide bonds. The maximum Gasteiger partial charge on any atom is 0.149 e. The second-order valence-electron chi connectivity index (χ2n) is 10.6. The highest BCUT2D eigenvalue weighted by Crippen LogP contribution is 2.32. The predicted octanol–water partition coefficient (Wildman–Crippen LogP) is 5.46. The topological polar surface area (TPSA) is 67.4 Å². The van der Waals surface area contributed by atoms with Crippen LogP contribution in [0, 0.1) is 11.2 Å². The molecule has 3 N–H and O–H groups in total. The standard InChI is InChI=1S/C28H41FN4O2/c1-20(18-34-3)32-22-7-9-23(10-8-22)33-27-16-25(26(29)17-30-27)21-5-4-6-24(15-21)31-19-28(2)11-13-35-14-12-28/h4-6,15-17,20,22-23,31-32H,7-14,18-19H2,1-3H3,(H,30,33)/t20-,22?,23?/m1/s1. The van der Waals surface area contributed by atoms with Gasteiger partial charge in [0.25, 0.3) is 0 Å². The Labute approximate surface area is 209 Å². The maximum absolute atomic E-state index is 14.8. The van der Waals surface area contributed by atoms with E-state index in [0.29, 0.717) is 23.7 Å². The van der Waals surface area contributed by atoms with E-state index >= 15 is 0 Å². The zero-order valence-electron chi connectivity index (χ0n) is 21.4. The van der Waals surface area contributed by atoms with Gasteiger partial charge in [-0.3, -0.25) is 0 Å². The molecular weight excluding hydrogens is 443 g/mol. The highest BCUT2D eigenvalue weighted by Gasteiger charge is 2.27. The average molecular weight is 485 g/mol. The monoisotopic (exact) mass is 484 g/mol. The average Bonchev–Trinajstić information content (AvgIpc) is 2.86. The number of ether oxygens (including phenoxy) is 2. The molecule has 4 rings (SSSR count). The quantitative estimate of drug-likeness (QED) is 0.416. The molecule has 192 valence electrons. The first-order valence-corrected chi connectivity index (χ1v) is 13.0. The van der Waals surface area contributed by atoms with Crippen LogP contribution in [0.4, 0.5) is 15.9 Å². The zero-order chi connectivity index (χ0) is 24.7. The number of methoxy groups -OCH3 is 1. The Morgan fingerprint density at radius 1 is 1.14 bits per heavy atom. The molecule has 7 heteroatoms. The van der Waals surface area contributed by atoms with E-state index in [1.54, 1.807) is 7.11 Å². The summed E-state index contributed by atoms with van der Waals surface area (Å²) < 4.78 is 25.5. The van der Waals surface area contributed by atoms with Crippen molar-refractivity contribution in [2.24, 2.45) is 5.41 Å². The van der Waals surface area contributed by atoms with E-state index in [4.69, 9.17) is 9.47 Å². The molecule has 6 nitrogen and oxygen atoms in total. The van der Waals surface area contributed by atoms with Gasteiger partial charge in [-0.25, -0.2) is 9.37 Å². The minimum Gasteiger partial charge on any atom is -0.384 e. The molecule has 2 aliphatic rings. The molecule has 2 aromatic rings. The Morgan fingerprint density at radius 2 is 1.89 bits per heavy atom. The number of hydrogen-bond acceptors (Lipinski definition) is 6. The molecule has 2 fully saturated rings. The van der Waals surface area contributed by atoms with Gasteiger partial charge in [0, 0.05) is 56.2 Å². The lowest BCUT2D eigenvalue weighted by molar-refractivity contribution is 0.0300. The molecular formula is C28H41FN4O2. The molecule has 0 radical (unpaired) electrons. The number of pyridine rings is 1. The van der Waals surface area contributed by atoms with Gasteiger partial charge in [-0.2, -0.15) is 0 Å². The summed E-state index contributed by atoms with van der Waals surface area (Å²) in [6.45, 7) is 7.71. The van der Waals surface area contributed by atoms with Gasteiger partial charge in [-0.15, -0.1) is 0 Å². The number of aromatic nitrogens is 1. The summed E-state index contributed by atoms with van der Waals surface area (Å²) in [6.07, 6.45) is 7.79. The Morgan fingerprint density at radius 3 is 2.63 bits per heavy atom. The molecule has 1 aliphatic carbocycles. The van der Waals surface area contributed by atoms with Gasteiger partial charge in [-0.1, -0.05) is 19.1 Å². The lowest BCUT2D eigenvalue weighted by Gasteiger charge is -2.34. The molecule has 0 bridgehead atoms. The zero-order valence-corrected chi connectivity index (χ0v) is 21.4. The van der Waals surface area contributed by atoms with Crippen LogP contribution in [0.5, 0.6) is 0 Å². The summed E-state index contributed by atoms with van der Waals surface area (Å²) in [4.78, 5) is 4.33. The third-order valence-electron chi connectivity index (χ3n) is 7.46. The fourth-order valence-electron chi connectivity index (χ4n) is 5.21. The van der Waals surface area contributed by atoms with Crippen molar-refractivity contribution in [2.75, 3.05) is 44.1 Å². The van der Waals surface area contributed by atoms with Crippen LogP contribution in [0.2, 0.25) is 0 Å². The van der Waals surface area contributed by atoms with Crippen molar-refractivity contribution < 1.29 is 13.9 Å². The van der Waals surface area contributed by atoms with Crippen LogP contribution in [0.25, 0.3) is 11.1 Å². The summed E-state index contributed by atoms with van der Waals surface area (Å²) in [5, 5.41) is 10.8. The third-order valence-corrected chi connectivity index (χ3v) is 7.46. The largest absolute Gasteiger partial charge is 0.384 e. The second kappa shape index (κ2) is 12.2.